The number of hydrogen-bond donors (Lipinski definition) is 1. The summed E-state index contributed by atoms with van der Waals surface area (Å²) in [6.45, 7) is 0.469. The van der Waals surface area contributed by atoms with Crippen molar-refractivity contribution in [2.24, 2.45) is 5.73 Å². The second-order valence-electron chi connectivity index (χ2n) is 5.74. The van der Waals surface area contributed by atoms with Gasteiger partial charge in [0, 0.05) is 17.3 Å². The molecule has 2 aromatic rings. The molecule has 2 aliphatic rings. The second kappa shape index (κ2) is 4.93. The molecular weight excluding hydrogens is 270 g/mol. The van der Waals surface area contributed by atoms with Gasteiger partial charge in [-0.05, 0) is 38.5 Å². The number of fused-ring (bicyclic) bond motifs is 1. The fourth-order valence-electron chi connectivity index (χ4n) is 3.13. The monoisotopic (exact) mass is 289 g/mol. The van der Waals surface area contributed by atoms with E-state index in [0.29, 0.717) is 12.5 Å². The fraction of sp³-hybridized carbons (Fsp3) is 0.643. The average molecular weight is 289 g/mol. The maximum atomic E-state index is 5.82. The molecule has 0 radical (unpaired) electrons. The Labute approximate surface area is 122 Å². The van der Waals surface area contributed by atoms with Crippen molar-refractivity contribution in [3.8, 4) is 5.13 Å². The third-order valence-electron chi connectivity index (χ3n) is 4.48. The summed E-state index contributed by atoms with van der Waals surface area (Å²) < 4.78 is 1.97. The minimum Gasteiger partial charge on any atom is -0.325 e. The number of thiazole rings is 1. The number of hydrogen-bond acceptors (Lipinski definition) is 5. The Bertz CT molecular complexity index is 602. The van der Waals surface area contributed by atoms with Gasteiger partial charge in [0.1, 0.15) is 5.69 Å². The summed E-state index contributed by atoms with van der Waals surface area (Å²) in [5, 5.41) is 9.60. The third-order valence-corrected chi connectivity index (χ3v) is 5.61. The molecule has 106 valence electrons. The van der Waals surface area contributed by atoms with Crippen molar-refractivity contribution in [3.05, 3.63) is 22.0 Å². The van der Waals surface area contributed by atoms with Crippen molar-refractivity contribution < 1.29 is 0 Å². The van der Waals surface area contributed by atoms with Crippen LogP contribution in [0.5, 0.6) is 0 Å². The molecule has 5 nitrogen and oxygen atoms in total. The first-order chi connectivity index (χ1) is 9.86. The van der Waals surface area contributed by atoms with Crippen LogP contribution in [-0.4, -0.2) is 20.0 Å². The van der Waals surface area contributed by atoms with E-state index in [1.165, 1.54) is 54.8 Å². The van der Waals surface area contributed by atoms with Gasteiger partial charge in [-0.3, -0.25) is 0 Å². The van der Waals surface area contributed by atoms with Gasteiger partial charge in [0.2, 0.25) is 5.13 Å². The first kappa shape index (κ1) is 12.5. The molecule has 0 atom stereocenters. The summed E-state index contributed by atoms with van der Waals surface area (Å²) in [7, 11) is 0. The van der Waals surface area contributed by atoms with E-state index in [1.807, 2.05) is 4.68 Å². The number of rotatable bonds is 3. The van der Waals surface area contributed by atoms with E-state index in [1.54, 1.807) is 11.3 Å². The van der Waals surface area contributed by atoms with Crippen LogP contribution in [-0.2, 0) is 19.4 Å². The minimum atomic E-state index is 0.469. The molecule has 2 N–H and O–H groups in total. The predicted molar refractivity (Wildman–Crippen MR) is 78.2 cm³/mol. The Hall–Kier alpha value is -1.27. The first-order valence-corrected chi connectivity index (χ1v) is 8.32. The molecule has 1 fully saturated rings. The van der Waals surface area contributed by atoms with Gasteiger partial charge >= 0.3 is 0 Å². The third kappa shape index (κ3) is 1.90. The van der Waals surface area contributed by atoms with Crippen LogP contribution in [0.15, 0.2) is 0 Å². The van der Waals surface area contributed by atoms with Gasteiger partial charge in [0.25, 0.3) is 0 Å². The van der Waals surface area contributed by atoms with Gasteiger partial charge in [-0.2, -0.15) is 4.68 Å². The standard InChI is InChI=1S/C14H19N5S/c15-8-11-13(9-4-3-5-9)19(18-17-11)14-16-10-6-1-2-7-12(10)20-14/h9H,1-8,15H2. The molecule has 0 saturated heterocycles. The lowest BCUT2D eigenvalue weighted by Gasteiger charge is -2.25. The molecule has 0 unspecified atom stereocenters. The molecule has 0 aromatic carbocycles. The fourth-order valence-corrected chi connectivity index (χ4v) is 4.24. The van der Waals surface area contributed by atoms with Crippen LogP contribution in [0.2, 0.25) is 0 Å². The van der Waals surface area contributed by atoms with Crippen LogP contribution in [0.3, 0.4) is 0 Å². The summed E-state index contributed by atoms with van der Waals surface area (Å²) in [5.74, 6) is 0.574. The zero-order chi connectivity index (χ0) is 13.5. The Morgan fingerprint density at radius 2 is 2.05 bits per heavy atom. The largest absolute Gasteiger partial charge is 0.325 e. The number of aryl methyl sites for hydroxylation is 2. The highest BCUT2D eigenvalue weighted by atomic mass is 32.1. The number of nitrogens with zero attached hydrogens (tertiary/aromatic N) is 4. The highest BCUT2D eigenvalue weighted by molar-refractivity contribution is 7.14. The predicted octanol–water partition coefficient (Wildman–Crippen LogP) is 2.33. The normalized spacial score (nSPS) is 18.9. The van der Waals surface area contributed by atoms with Gasteiger partial charge in [0.05, 0.1) is 11.4 Å². The highest BCUT2D eigenvalue weighted by Crippen LogP contribution is 2.39. The van der Waals surface area contributed by atoms with Crippen LogP contribution in [0.4, 0.5) is 0 Å². The smallest absolute Gasteiger partial charge is 0.212 e. The van der Waals surface area contributed by atoms with Gasteiger partial charge in [-0.25, -0.2) is 4.98 Å². The van der Waals surface area contributed by atoms with E-state index in [-0.39, 0.29) is 0 Å². The van der Waals surface area contributed by atoms with Crippen molar-refractivity contribution in [1.29, 1.82) is 0 Å². The highest BCUT2D eigenvalue weighted by Gasteiger charge is 2.29. The van der Waals surface area contributed by atoms with E-state index >= 15 is 0 Å². The minimum absolute atomic E-state index is 0.469. The second-order valence-corrected chi connectivity index (χ2v) is 6.80. The zero-order valence-electron chi connectivity index (χ0n) is 11.5. The van der Waals surface area contributed by atoms with Crippen molar-refractivity contribution in [2.45, 2.75) is 57.4 Å². The van der Waals surface area contributed by atoms with E-state index in [9.17, 15) is 0 Å². The van der Waals surface area contributed by atoms with Gasteiger partial charge in [0.15, 0.2) is 0 Å². The van der Waals surface area contributed by atoms with E-state index < -0.39 is 0 Å². The molecule has 0 spiro atoms. The molecular formula is C14H19N5S. The Kier molecular flexibility index (Phi) is 3.07. The lowest BCUT2D eigenvalue weighted by atomic mass is 9.82. The van der Waals surface area contributed by atoms with Crippen LogP contribution in [0.1, 0.15) is 60.0 Å². The Morgan fingerprint density at radius 3 is 2.75 bits per heavy atom. The molecule has 1 saturated carbocycles. The average Bonchev–Trinajstić information content (AvgIpc) is 2.99. The quantitative estimate of drug-likeness (QED) is 0.941. The maximum Gasteiger partial charge on any atom is 0.212 e. The van der Waals surface area contributed by atoms with Crippen LogP contribution in [0, 0.1) is 0 Å². The van der Waals surface area contributed by atoms with Gasteiger partial charge < -0.3 is 5.73 Å². The summed E-state index contributed by atoms with van der Waals surface area (Å²) in [6, 6.07) is 0. The summed E-state index contributed by atoms with van der Waals surface area (Å²) in [5.41, 5.74) is 9.26. The van der Waals surface area contributed by atoms with E-state index in [4.69, 9.17) is 10.7 Å². The number of nitrogens with two attached hydrogens (primary N) is 1. The van der Waals surface area contributed by atoms with Gasteiger partial charge in [-0.1, -0.05) is 23.0 Å². The van der Waals surface area contributed by atoms with Gasteiger partial charge in [-0.15, -0.1) is 5.10 Å². The molecule has 20 heavy (non-hydrogen) atoms. The lowest BCUT2D eigenvalue weighted by molar-refractivity contribution is 0.400. The van der Waals surface area contributed by atoms with Crippen LogP contribution in [0.25, 0.3) is 5.13 Å². The molecule has 0 amide bonds. The van der Waals surface area contributed by atoms with Crippen molar-refractivity contribution in [3.63, 3.8) is 0 Å². The Morgan fingerprint density at radius 1 is 1.20 bits per heavy atom. The maximum absolute atomic E-state index is 5.82. The van der Waals surface area contributed by atoms with E-state index in [2.05, 4.69) is 10.3 Å². The Balaban J connectivity index is 1.77. The molecule has 6 heteroatoms. The molecule has 0 bridgehead atoms. The molecule has 0 aliphatic heterocycles. The molecule has 4 rings (SSSR count). The molecule has 2 aromatic heterocycles. The number of aromatic nitrogens is 4. The van der Waals surface area contributed by atoms with Crippen LogP contribution >= 0.6 is 11.3 Å². The van der Waals surface area contributed by atoms with Crippen molar-refractivity contribution >= 4 is 11.3 Å². The summed E-state index contributed by atoms with van der Waals surface area (Å²) in [4.78, 5) is 6.25. The molecule has 2 heterocycles. The van der Waals surface area contributed by atoms with Crippen molar-refractivity contribution in [2.75, 3.05) is 0 Å². The van der Waals surface area contributed by atoms with Crippen molar-refractivity contribution in [1.82, 2.24) is 20.0 Å². The topological polar surface area (TPSA) is 69.6 Å². The van der Waals surface area contributed by atoms with Crippen LogP contribution < -0.4 is 5.73 Å². The summed E-state index contributed by atoms with van der Waals surface area (Å²) in [6.07, 6.45) is 8.59. The lowest BCUT2D eigenvalue weighted by Crippen LogP contribution is -2.17. The molecule has 2 aliphatic carbocycles. The summed E-state index contributed by atoms with van der Waals surface area (Å²) >= 11 is 1.79. The first-order valence-electron chi connectivity index (χ1n) is 7.50. The van der Waals surface area contributed by atoms with E-state index in [0.717, 1.165) is 17.2 Å². The SMILES string of the molecule is NCc1nnn(-c2nc3c(s2)CCCC3)c1C1CCC1. The zero-order valence-corrected chi connectivity index (χ0v) is 12.3.